The zero-order valence-corrected chi connectivity index (χ0v) is 13.5. The minimum atomic E-state index is -0.780. The van der Waals surface area contributed by atoms with E-state index >= 15 is 0 Å². The summed E-state index contributed by atoms with van der Waals surface area (Å²) in [6, 6.07) is 13.6. The summed E-state index contributed by atoms with van der Waals surface area (Å²) in [5.74, 6) is -1.50. The number of hydrogen-bond donors (Lipinski definition) is 2. The number of aromatic nitrogens is 1. The average molecular weight is 324 g/mol. The Morgan fingerprint density at radius 1 is 1.04 bits per heavy atom. The monoisotopic (exact) mass is 324 g/mol. The third kappa shape index (κ3) is 6.00. The summed E-state index contributed by atoms with van der Waals surface area (Å²) in [4.78, 5) is 27.3. The number of nitrogens with one attached hydrogen (secondary N) is 2. The van der Waals surface area contributed by atoms with Gasteiger partial charge in [-0.2, -0.15) is 5.10 Å². The zero-order chi connectivity index (χ0) is 17.2. The molecule has 124 valence electrons. The Kier molecular flexibility index (Phi) is 6.64. The first-order chi connectivity index (χ1) is 11.6. The maximum absolute atomic E-state index is 11.7. The van der Waals surface area contributed by atoms with Gasteiger partial charge in [-0.05, 0) is 37.0 Å². The van der Waals surface area contributed by atoms with Gasteiger partial charge in [0.15, 0.2) is 0 Å². The lowest BCUT2D eigenvalue weighted by Crippen LogP contribution is -2.37. The van der Waals surface area contributed by atoms with Crippen molar-refractivity contribution in [3.8, 4) is 0 Å². The van der Waals surface area contributed by atoms with E-state index in [2.05, 4.69) is 20.8 Å². The number of pyridine rings is 1. The van der Waals surface area contributed by atoms with E-state index in [-0.39, 0.29) is 6.54 Å². The zero-order valence-electron chi connectivity index (χ0n) is 13.5. The standard InChI is InChI=1S/C18H20N4O2/c1-14(9-10-15-6-3-2-4-7-15)21-22-18(24)17(23)20-13-16-8-5-11-19-12-16/h2-8,11-12H,9-10,13H2,1H3,(H,20,23)(H,22,24)/b21-14-. The molecule has 0 bridgehead atoms. The van der Waals surface area contributed by atoms with Crippen molar-refractivity contribution in [2.45, 2.75) is 26.3 Å². The van der Waals surface area contributed by atoms with Crippen molar-refractivity contribution in [1.29, 1.82) is 0 Å². The smallest absolute Gasteiger partial charge is 0.329 e. The van der Waals surface area contributed by atoms with Crippen LogP contribution in [0.3, 0.4) is 0 Å². The molecule has 0 aliphatic rings. The second-order valence-electron chi connectivity index (χ2n) is 5.32. The molecule has 2 amide bonds. The highest BCUT2D eigenvalue weighted by Gasteiger charge is 2.12. The lowest BCUT2D eigenvalue weighted by molar-refractivity contribution is -0.139. The molecular formula is C18H20N4O2. The first-order valence-corrected chi connectivity index (χ1v) is 7.69. The van der Waals surface area contributed by atoms with E-state index in [1.54, 1.807) is 18.5 Å². The Labute approximate surface area is 141 Å². The van der Waals surface area contributed by atoms with Crippen LogP contribution in [0.5, 0.6) is 0 Å². The van der Waals surface area contributed by atoms with Gasteiger partial charge in [0.25, 0.3) is 0 Å². The number of nitrogens with zero attached hydrogens (tertiary/aromatic N) is 2. The third-order valence-corrected chi connectivity index (χ3v) is 3.35. The fourth-order valence-electron chi connectivity index (χ4n) is 1.99. The van der Waals surface area contributed by atoms with Crippen LogP contribution < -0.4 is 10.7 Å². The lowest BCUT2D eigenvalue weighted by Gasteiger charge is -2.05. The highest BCUT2D eigenvalue weighted by molar-refractivity contribution is 6.35. The van der Waals surface area contributed by atoms with Gasteiger partial charge in [-0.25, -0.2) is 5.43 Å². The van der Waals surface area contributed by atoms with Crippen molar-refractivity contribution in [1.82, 2.24) is 15.7 Å². The highest BCUT2D eigenvalue weighted by atomic mass is 16.2. The number of hydrogen-bond acceptors (Lipinski definition) is 4. The number of carbonyl (C=O) groups is 2. The van der Waals surface area contributed by atoms with Gasteiger partial charge < -0.3 is 5.32 Å². The average Bonchev–Trinajstić information content (AvgIpc) is 2.64. The van der Waals surface area contributed by atoms with Crippen LogP contribution in [0.25, 0.3) is 0 Å². The molecule has 2 rings (SSSR count). The molecule has 0 unspecified atom stereocenters. The number of amides is 2. The normalized spacial score (nSPS) is 11.0. The molecular weight excluding hydrogens is 304 g/mol. The van der Waals surface area contributed by atoms with Crippen LogP contribution in [-0.4, -0.2) is 22.5 Å². The summed E-state index contributed by atoms with van der Waals surface area (Å²) in [5, 5.41) is 6.48. The Hall–Kier alpha value is -3.02. The number of rotatable bonds is 6. The molecule has 1 aromatic carbocycles. The molecule has 2 N–H and O–H groups in total. The van der Waals surface area contributed by atoms with Crippen LogP contribution in [0.1, 0.15) is 24.5 Å². The molecule has 2 aromatic rings. The maximum atomic E-state index is 11.7. The molecule has 6 nitrogen and oxygen atoms in total. The van der Waals surface area contributed by atoms with E-state index in [0.29, 0.717) is 6.42 Å². The summed E-state index contributed by atoms with van der Waals surface area (Å²) in [6.07, 6.45) is 4.82. The van der Waals surface area contributed by atoms with E-state index in [4.69, 9.17) is 0 Å². The van der Waals surface area contributed by atoms with Gasteiger partial charge in [-0.3, -0.25) is 14.6 Å². The Balaban J connectivity index is 1.73. The molecule has 1 aromatic heterocycles. The summed E-state index contributed by atoms with van der Waals surface area (Å²) in [7, 11) is 0. The van der Waals surface area contributed by atoms with Gasteiger partial charge in [0, 0.05) is 24.7 Å². The molecule has 0 aliphatic heterocycles. The van der Waals surface area contributed by atoms with Crippen molar-refractivity contribution in [2.24, 2.45) is 5.10 Å². The first-order valence-electron chi connectivity index (χ1n) is 7.69. The van der Waals surface area contributed by atoms with Crippen LogP contribution in [0, 0.1) is 0 Å². The Bertz CT molecular complexity index is 699. The molecule has 0 saturated carbocycles. The number of aryl methyl sites for hydroxylation is 1. The van der Waals surface area contributed by atoms with Crippen LogP contribution in [0.4, 0.5) is 0 Å². The second kappa shape index (κ2) is 9.19. The third-order valence-electron chi connectivity index (χ3n) is 3.35. The quantitative estimate of drug-likeness (QED) is 0.483. The minimum absolute atomic E-state index is 0.247. The molecule has 0 fully saturated rings. The molecule has 0 radical (unpaired) electrons. The van der Waals surface area contributed by atoms with Crippen LogP contribution in [-0.2, 0) is 22.6 Å². The van der Waals surface area contributed by atoms with Gasteiger partial charge >= 0.3 is 11.8 Å². The van der Waals surface area contributed by atoms with E-state index in [9.17, 15) is 9.59 Å². The van der Waals surface area contributed by atoms with Gasteiger partial charge in [0.2, 0.25) is 0 Å². The summed E-state index contributed by atoms with van der Waals surface area (Å²) in [5.41, 5.74) is 5.05. The fourth-order valence-corrected chi connectivity index (χ4v) is 1.99. The van der Waals surface area contributed by atoms with E-state index < -0.39 is 11.8 Å². The molecule has 6 heteroatoms. The maximum Gasteiger partial charge on any atom is 0.329 e. The van der Waals surface area contributed by atoms with Crippen LogP contribution >= 0.6 is 0 Å². The second-order valence-corrected chi connectivity index (χ2v) is 5.32. The van der Waals surface area contributed by atoms with Crippen molar-refractivity contribution < 1.29 is 9.59 Å². The molecule has 24 heavy (non-hydrogen) atoms. The van der Waals surface area contributed by atoms with Crippen LogP contribution in [0.15, 0.2) is 60.0 Å². The minimum Gasteiger partial charge on any atom is -0.344 e. The molecule has 0 saturated heterocycles. The summed E-state index contributed by atoms with van der Waals surface area (Å²) < 4.78 is 0. The predicted molar refractivity (Wildman–Crippen MR) is 92.1 cm³/mol. The Morgan fingerprint density at radius 2 is 1.79 bits per heavy atom. The van der Waals surface area contributed by atoms with Gasteiger partial charge in [-0.1, -0.05) is 36.4 Å². The molecule has 0 atom stereocenters. The lowest BCUT2D eigenvalue weighted by atomic mass is 10.1. The highest BCUT2D eigenvalue weighted by Crippen LogP contribution is 2.03. The fraction of sp³-hybridized carbons (Fsp3) is 0.222. The number of benzene rings is 1. The number of carbonyl (C=O) groups excluding carboxylic acids is 2. The predicted octanol–water partition coefficient (Wildman–Crippen LogP) is 1.82. The molecule has 1 heterocycles. The van der Waals surface area contributed by atoms with E-state index in [1.165, 1.54) is 5.56 Å². The SMILES string of the molecule is C/C(CCc1ccccc1)=N/NC(=O)C(=O)NCc1cccnc1. The van der Waals surface area contributed by atoms with Gasteiger partial charge in [-0.15, -0.1) is 0 Å². The summed E-state index contributed by atoms with van der Waals surface area (Å²) in [6.45, 7) is 2.06. The first kappa shape index (κ1) is 17.3. The summed E-state index contributed by atoms with van der Waals surface area (Å²) >= 11 is 0. The van der Waals surface area contributed by atoms with E-state index in [1.807, 2.05) is 43.3 Å². The van der Waals surface area contributed by atoms with Gasteiger partial charge in [0.1, 0.15) is 0 Å². The largest absolute Gasteiger partial charge is 0.344 e. The van der Waals surface area contributed by atoms with Crippen molar-refractivity contribution in [2.75, 3.05) is 0 Å². The van der Waals surface area contributed by atoms with Crippen molar-refractivity contribution in [3.63, 3.8) is 0 Å². The van der Waals surface area contributed by atoms with Crippen LogP contribution in [0.2, 0.25) is 0 Å². The van der Waals surface area contributed by atoms with Crippen molar-refractivity contribution >= 4 is 17.5 Å². The molecule has 0 aliphatic carbocycles. The number of hydrazone groups is 1. The van der Waals surface area contributed by atoms with Crippen molar-refractivity contribution in [3.05, 3.63) is 66.0 Å². The van der Waals surface area contributed by atoms with Gasteiger partial charge in [0.05, 0.1) is 0 Å². The topological polar surface area (TPSA) is 83.5 Å². The Morgan fingerprint density at radius 3 is 2.50 bits per heavy atom. The molecule has 0 spiro atoms. The van der Waals surface area contributed by atoms with E-state index in [0.717, 1.165) is 17.7 Å².